The van der Waals surface area contributed by atoms with E-state index in [9.17, 15) is 13.2 Å². The lowest BCUT2D eigenvalue weighted by atomic mass is 10.1. The van der Waals surface area contributed by atoms with E-state index in [1.165, 1.54) is 24.3 Å². The van der Waals surface area contributed by atoms with Crippen molar-refractivity contribution < 1.29 is 13.2 Å². The van der Waals surface area contributed by atoms with Crippen molar-refractivity contribution in [3.8, 4) is 0 Å². The molecule has 0 saturated heterocycles. The summed E-state index contributed by atoms with van der Waals surface area (Å²) in [5, 5.41) is 3.54. The average molecular weight is 254 g/mol. The van der Waals surface area contributed by atoms with Gasteiger partial charge in [-0.3, -0.25) is 0 Å². The van der Waals surface area contributed by atoms with Crippen molar-refractivity contribution in [3.63, 3.8) is 0 Å². The summed E-state index contributed by atoms with van der Waals surface area (Å²) >= 11 is 0. The van der Waals surface area contributed by atoms with Gasteiger partial charge in [0.1, 0.15) is 11.5 Å². The molecule has 1 N–H and O–H groups in total. The summed E-state index contributed by atoms with van der Waals surface area (Å²) < 4.78 is 38.6. The fourth-order valence-electron chi connectivity index (χ4n) is 1.74. The minimum Gasteiger partial charge on any atom is -0.384 e. The van der Waals surface area contributed by atoms with Gasteiger partial charge in [0, 0.05) is 17.6 Å². The van der Waals surface area contributed by atoms with Crippen LogP contribution >= 0.6 is 0 Å². The number of anilines is 1. The first-order valence-corrected chi connectivity index (χ1v) is 5.74. The number of benzene rings is 1. The van der Waals surface area contributed by atoms with Crippen molar-refractivity contribution in [3.05, 3.63) is 35.8 Å². The minimum absolute atomic E-state index is 0.298. The van der Waals surface area contributed by atoms with Crippen LogP contribution in [-0.4, -0.2) is 11.5 Å². The van der Waals surface area contributed by atoms with Crippen molar-refractivity contribution in [2.75, 3.05) is 11.9 Å². The summed E-state index contributed by atoms with van der Waals surface area (Å²) in [7, 11) is 0. The SMILES string of the molecule is CCCNc1cc(C(F)F)nc2ccc(F)cc12. The molecule has 2 aromatic rings. The van der Waals surface area contributed by atoms with E-state index in [0.717, 1.165) is 6.42 Å². The first-order chi connectivity index (χ1) is 8.61. The highest BCUT2D eigenvalue weighted by atomic mass is 19.3. The second kappa shape index (κ2) is 5.25. The first-order valence-electron chi connectivity index (χ1n) is 5.74. The van der Waals surface area contributed by atoms with Gasteiger partial charge < -0.3 is 5.32 Å². The molecule has 0 saturated carbocycles. The van der Waals surface area contributed by atoms with Crippen LogP contribution in [0, 0.1) is 5.82 Å². The highest BCUT2D eigenvalue weighted by molar-refractivity contribution is 5.91. The van der Waals surface area contributed by atoms with Crippen molar-refractivity contribution in [2.45, 2.75) is 19.8 Å². The van der Waals surface area contributed by atoms with Gasteiger partial charge in [0.25, 0.3) is 6.43 Å². The van der Waals surface area contributed by atoms with E-state index in [4.69, 9.17) is 0 Å². The Kier molecular flexibility index (Phi) is 3.69. The Bertz CT molecular complexity index is 555. The summed E-state index contributed by atoms with van der Waals surface area (Å²) in [6.07, 6.45) is -1.79. The molecule has 2 nitrogen and oxygen atoms in total. The monoisotopic (exact) mass is 254 g/mol. The number of nitrogens with zero attached hydrogens (tertiary/aromatic N) is 1. The molecule has 0 spiro atoms. The predicted molar refractivity (Wildman–Crippen MR) is 65.4 cm³/mol. The smallest absolute Gasteiger partial charge is 0.280 e. The zero-order valence-corrected chi connectivity index (χ0v) is 9.88. The number of nitrogens with one attached hydrogen (secondary N) is 1. The quantitative estimate of drug-likeness (QED) is 0.887. The molecule has 5 heteroatoms. The van der Waals surface area contributed by atoms with E-state index >= 15 is 0 Å². The van der Waals surface area contributed by atoms with E-state index in [2.05, 4.69) is 10.3 Å². The third-order valence-corrected chi connectivity index (χ3v) is 2.58. The van der Waals surface area contributed by atoms with Gasteiger partial charge >= 0.3 is 0 Å². The molecule has 18 heavy (non-hydrogen) atoms. The lowest BCUT2D eigenvalue weighted by Gasteiger charge is -2.11. The van der Waals surface area contributed by atoms with Crippen molar-refractivity contribution in [2.24, 2.45) is 0 Å². The van der Waals surface area contributed by atoms with E-state index in [-0.39, 0.29) is 5.69 Å². The van der Waals surface area contributed by atoms with Gasteiger partial charge in [0.05, 0.1) is 5.52 Å². The molecule has 96 valence electrons. The molecule has 1 aromatic carbocycles. The summed E-state index contributed by atoms with van der Waals surface area (Å²) in [4.78, 5) is 3.83. The van der Waals surface area contributed by atoms with Crippen LogP contribution in [0.25, 0.3) is 10.9 Å². The van der Waals surface area contributed by atoms with Gasteiger partial charge in [-0.15, -0.1) is 0 Å². The highest BCUT2D eigenvalue weighted by Gasteiger charge is 2.13. The van der Waals surface area contributed by atoms with Crippen LogP contribution < -0.4 is 5.32 Å². The molecular weight excluding hydrogens is 241 g/mol. The number of alkyl halides is 2. The summed E-state index contributed by atoms with van der Waals surface area (Å²) in [6, 6.07) is 5.21. The first kappa shape index (κ1) is 12.7. The number of aromatic nitrogens is 1. The maximum atomic E-state index is 13.2. The molecule has 0 bridgehead atoms. The molecule has 2 rings (SSSR count). The Morgan fingerprint density at radius 2 is 2.06 bits per heavy atom. The molecule has 0 aliphatic heterocycles. The lowest BCUT2D eigenvalue weighted by molar-refractivity contribution is 0.146. The van der Waals surface area contributed by atoms with E-state index < -0.39 is 12.2 Å². The van der Waals surface area contributed by atoms with Crippen LogP contribution in [0.4, 0.5) is 18.9 Å². The zero-order chi connectivity index (χ0) is 13.1. The molecule has 0 fully saturated rings. The number of pyridine rings is 1. The predicted octanol–water partition coefficient (Wildman–Crippen LogP) is 4.13. The molecule has 0 amide bonds. The van der Waals surface area contributed by atoms with Crippen LogP contribution in [0.2, 0.25) is 0 Å². The number of halogens is 3. The Balaban J connectivity index is 2.57. The summed E-state index contributed by atoms with van der Waals surface area (Å²) in [5.74, 6) is -0.409. The topological polar surface area (TPSA) is 24.9 Å². The van der Waals surface area contributed by atoms with E-state index in [1.807, 2.05) is 6.92 Å². The molecule has 0 unspecified atom stereocenters. The fraction of sp³-hybridized carbons (Fsp3) is 0.308. The van der Waals surface area contributed by atoms with Crippen LogP contribution in [0.5, 0.6) is 0 Å². The third-order valence-electron chi connectivity index (χ3n) is 2.58. The van der Waals surface area contributed by atoms with Crippen molar-refractivity contribution >= 4 is 16.6 Å². The number of hydrogen-bond acceptors (Lipinski definition) is 2. The molecule has 0 radical (unpaired) electrons. The molecular formula is C13H13F3N2. The van der Waals surface area contributed by atoms with Crippen LogP contribution in [-0.2, 0) is 0 Å². The van der Waals surface area contributed by atoms with Gasteiger partial charge in [0.15, 0.2) is 0 Å². The average Bonchev–Trinajstić information content (AvgIpc) is 2.35. The zero-order valence-electron chi connectivity index (χ0n) is 9.88. The van der Waals surface area contributed by atoms with E-state index in [0.29, 0.717) is 23.1 Å². The Morgan fingerprint density at radius 3 is 2.72 bits per heavy atom. The minimum atomic E-state index is -2.64. The van der Waals surface area contributed by atoms with E-state index in [1.54, 1.807) is 0 Å². The van der Waals surface area contributed by atoms with Gasteiger partial charge in [-0.1, -0.05) is 6.92 Å². The molecule has 0 atom stereocenters. The summed E-state index contributed by atoms with van der Waals surface area (Å²) in [5.41, 5.74) is 0.567. The largest absolute Gasteiger partial charge is 0.384 e. The highest BCUT2D eigenvalue weighted by Crippen LogP contribution is 2.28. The molecule has 1 aromatic heterocycles. The normalized spacial score (nSPS) is 11.2. The second-order valence-corrected chi connectivity index (χ2v) is 3.98. The summed E-state index contributed by atoms with van der Waals surface area (Å²) in [6.45, 7) is 2.60. The molecule has 1 heterocycles. The fourth-order valence-corrected chi connectivity index (χ4v) is 1.74. The second-order valence-electron chi connectivity index (χ2n) is 3.98. The number of rotatable bonds is 4. The molecule has 0 aliphatic rings. The maximum Gasteiger partial charge on any atom is 0.280 e. The molecule has 0 aliphatic carbocycles. The van der Waals surface area contributed by atoms with Crippen molar-refractivity contribution in [1.29, 1.82) is 0 Å². The number of fused-ring (bicyclic) bond motifs is 1. The lowest BCUT2D eigenvalue weighted by Crippen LogP contribution is -2.03. The van der Waals surface area contributed by atoms with Gasteiger partial charge in [0.2, 0.25) is 0 Å². The van der Waals surface area contributed by atoms with Crippen molar-refractivity contribution in [1.82, 2.24) is 4.98 Å². The maximum absolute atomic E-state index is 13.2. The standard InChI is InChI=1S/C13H13F3N2/c1-2-5-17-11-7-12(13(15)16)18-10-4-3-8(14)6-9(10)11/h3-4,6-7,13H,2,5H2,1H3,(H,17,18). The number of hydrogen-bond donors (Lipinski definition) is 1. The third kappa shape index (κ3) is 2.55. The Morgan fingerprint density at radius 1 is 1.28 bits per heavy atom. The Hall–Kier alpha value is -1.78. The van der Waals surface area contributed by atoms with Gasteiger partial charge in [-0.2, -0.15) is 0 Å². The Labute approximate surface area is 103 Å². The van der Waals surface area contributed by atoms with Crippen LogP contribution in [0.1, 0.15) is 25.5 Å². The van der Waals surface area contributed by atoms with Gasteiger partial charge in [-0.05, 0) is 30.7 Å². The van der Waals surface area contributed by atoms with Crippen LogP contribution in [0.3, 0.4) is 0 Å². The van der Waals surface area contributed by atoms with Gasteiger partial charge in [-0.25, -0.2) is 18.2 Å². The van der Waals surface area contributed by atoms with Crippen LogP contribution in [0.15, 0.2) is 24.3 Å².